The molecule has 1 amide bonds. The fraction of sp³-hybridized carbons (Fsp3) is 0.529. The number of piperidine rings is 1. The number of aromatic nitrogens is 2. The SMILES string of the molecule is CN(C[C@@H]1CCCN(C)[C@H]1c1cnn(C)c1)C(=O)c1ccsc1. The molecule has 124 valence electrons. The van der Waals surface area contributed by atoms with Crippen LogP contribution in [0.5, 0.6) is 0 Å². The summed E-state index contributed by atoms with van der Waals surface area (Å²) < 4.78 is 1.86. The molecule has 0 aromatic carbocycles. The van der Waals surface area contributed by atoms with Crippen LogP contribution < -0.4 is 0 Å². The molecule has 1 aliphatic rings. The zero-order chi connectivity index (χ0) is 16.4. The van der Waals surface area contributed by atoms with E-state index in [-0.39, 0.29) is 5.91 Å². The highest BCUT2D eigenvalue weighted by atomic mass is 32.1. The Bertz CT molecular complexity index is 651. The molecule has 0 N–H and O–H groups in total. The minimum atomic E-state index is 0.115. The third-order valence-corrected chi connectivity index (χ3v) is 5.38. The van der Waals surface area contributed by atoms with E-state index < -0.39 is 0 Å². The Morgan fingerprint density at radius 1 is 1.48 bits per heavy atom. The molecule has 2 atom stereocenters. The molecule has 1 aliphatic heterocycles. The zero-order valence-corrected chi connectivity index (χ0v) is 14.8. The molecule has 2 aromatic rings. The van der Waals surface area contributed by atoms with Crippen molar-refractivity contribution in [1.82, 2.24) is 19.6 Å². The third-order valence-electron chi connectivity index (χ3n) is 4.70. The highest BCUT2D eigenvalue weighted by molar-refractivity contribution is 7.08. The van der Waals surface area contributed by atoms with Crippen LogP contribution in [-0.2, 0) is 7.05 Å². The highest BCUT2D eigenvalue weighted by Gasteiger charge is 2.33. The smallest absolute Gasteiger partial charge is 0.254 e. The van der Waals surface area contributed by atoms with Gasteiger partial charge in [0.2, 0.25) is 0 Å². The number of hydrogen-bond acceptors (Lipinski definition) is 4. The molecule has 0 radical (unpaired) electrons. The van der Waals surface area contributed by atoms with Crippen LogP contribution in [0.2, 0.25) is 0 Å². The lowest BCUT2D eigenvalue weighted by molar-refractivity contribution is 0.0645. The number of aryl methyl sites for hydroxylation is 1. The molecule has 3 heterocycles. The van der Waals surface area contributed by atoms with Crippen LogP contribution in [0.3, 0.4) is 0 Å². The lowest BCUT2D eigenvalue weighted by atomic mass is 9.85. The van der Waals surface area contributed by atoms with Gasteiger partial charge in [0.1, 0.15) is 0 Å². The number of nitrogens with zero attached hydrogens (tertiary/aromatic N) is 4. The molecule has 6 heteroatoms. The van der Waals surface area contributed by atoms with Gasteiger partial charge in [-0.05, 0) is 43.8 Å². The first-order chi connectivity index (χ1) is 11.1. The third kappa shape index (κ3) is 3.48. The molecule has 3 rings (SSSR count). The average Bonchev–Trinajstić information content (AvgIpc) is 3.18. The summed E-state index contributed by atoms with van der Waals surface area (Å²) in [7, 11) is 6.03. The van der Waals surface area contributed by atoms with Gasteiger partial charge in [0, 0.05) is 43.8 Å². The van der Waals surface area contributed by atoms with Crippen LogP contribution >= 0.6 is 11.3 Å². The first-order valence-corrected chi connectivity index (χ1v) is 8.97. The van der Waals surface area contributed by atoms with Gasteiger partial charge >= 0.3 is 0 Å². The Labute approximate surface area is 141 Å². The molecule has 0 aliphatic carbocycles. The summed E-state index contributed by atoms with van der Waals surface area (Å²) >= 11 is 1.57. The summed E-state index contributed by atoms with van der Waals surface area (Å²) in [6, 6.07) is 2.23. The number of amides is 1. The van der Waals surface area contributed by atoms with Crippen molar-refractivity contribution in [3.05, 3.63) is 40.3 Å². The highest BCUT2D eigenvalue weighted by Crippen LogP contribution is 2.35. The van der Waals surface area contributed by atoms with Crippen molar-refractivity contribution in [2.24, 2.45) is 13.0 Å². The molecule has 1 fully saturated rings. The molecule has 0 unspecified atom stereocenters. The maximum atomic E-state index is 12.5. The van der Waals surface area contributed by atoms with Crippen molar-refractivity contribution >= 4 is 17.2 Å². The van der Waals surface area contributed by atoms with E-state index in [1.54, 1.807) is 11.3 Å². The van der Waals surface area contributed by atoms with Gasteiger partial charge in [-0.2, -0.15) is 16.4 Å². The number of thiophene rings is 1. The number of carbonyl (C=O) groups is 1. The summed E-state index contributed by atoms with van der Waals surface area (Å²) in [5, 5.41) is 8.20. The lowest BCUT2D eigenvalue weighted by Crippen LogP contribution is -2.42. The Hall–Kier alpha value is -1.66. The molecule has 5 nitrogen and oxygen atoms in total. The molecule has 0 bridgehead atoms. The van der Waals surface area contributed by atoms with Gasteiger partial charge < -0.3 is 4.90 Å². The van der Waals surface area contributed by atoms with E-state index in [9.17, 15) is 4.79 Å². The molecule has 23 heavy (non-hydrogen) atoms. The fourth-order valence-corrected chi connectivity index (χ4v) is 4.24. The predicted molar refractivity (Wildman–Crippen MR) is 92.6 cm³/mol. The van der Waals surface area contributed by atoms with E-state index >= 15 is 0 Å². The van der Waals surface area contributed by atoms with Gasteiger partial charge in [-0.3, -0.25) is 14.4 Å². The summed E-state index contributed by atoms with van der Waals surface area (Å²) in [4.78, 5) is 16.8. The van der Waals surface area contributed by atoms with Gasteiger partial charge in [0.15, 0.2) is 0 Å². The van der Waals surface area contributed by atoms with Crippen LogP contribution in [0.1, 0.15) is 34.8 Å². The number of hydrogen-bond donors (Lipinski definition) is 0. The lowest BCUT2D eigenvalue weighted by Gasteiger charge is -2.40. The van der Waals surface area contributed by atoms with Crippen LogP contribution in [-0.4, -0.2) is 52.7 Å². The molecule has 1 saturated heterocycles. The van der Waals surface area contributed by atoms with Crippen LogP contribution in [0.15, 0.2) is 29.2 Å². The van der Waals surface area contributed by atoms with Crippen LogP contribution in [0.4, 0.5) is 0 Å². The Kier molecular flexibility index (Phi) is 4.82. The maximum absolute atomic E-state index is 12.5. The Morgan fingerprint density at radius 2 is 2.30 bits per heavy atom. The predicted octanol–water partition coefficient (Wildman–Crippen LogP) is 2.64. The Morgan fingerprint density at radius 3 is 2.96 bits per heavy atom. The minimum Gasteiger partial charge on any atom is -0.341 e. The normalized spacial score (nSPS) is 22.2. The molecular formula is C17H24N4OS. The second-order valence-electron chi connectivity index (χ2n) is 6.47. The minimum absolute atomic E-state index is 0.115. The largest absolute Gasteiger partial charge is 0.341 e. The molecule has 0 spiro atoms. The fourth-order valence-electron chi connectivity index (χ4n) is 3.61. The van der Waals surface area contributed by atoms with Gasteiger partial charge in [-0.25, -0.2) is 0 Å². The number of likely N-dealkylation sites (tertiary alicyclic amines) is 1. The molecular weight excluding hydrogens is 308 g/mol. The number of rotatable bonds is 4. The first-order valence-electron chi connectivity index (χ1n) is 8.02. The first kappa shape index (κ1) is 16.2. The van der Waals surface area contributed by atoms with E-state index in [0.29, 0.717) is 12.0 Å². The van der Waals surface area contributed by atoms with Crippen molar-refractivity contribution < 1.29 is 4.79 Å². The topological polar surface area (TPSA) is 41.4 Å². The average molecular weight is 332 g/mol. The van der Waals surface area contributed by atoms with Gasteiger partial charge in [0.25, 0.3) is 5.91 Å². The van der Waals surface area contributed by atoms with E-state index in [4.69, 9.17) is 0 Å². The standard InChI is InChI=1S/C17H24N4OS/c1-19-7-4-5-13(16(19)15-9-18-21(3)11-15)10-20(2)17(22)14-6-8-23-12-14/h6,8-9,11-13,16H,4-5,7,10H2,1-3H3/t13-,16+/m0/s1. The van der Waals surface area contributed by atoms with E-state index in [0.717, 1.165) is 25.1 Å². The Balaban J connectivity index is 1.75. The zero-order valence-electron chi connectivity index (χ0n) is 14.0. The van der Waals surface area contributed by atoms with E-state index in [2.05, 4.69) is 23.2 Å². The van der Waals surface area contributed by atoms with Crippen molar-refractivity contribution in [1.29, 1.82) is 0 Å². The summed E-state index contributed by atoms with van der Waals surface area (Å²) in [6.45, 7) is 1.87. The van der Waals surface area contributed by atoms with Crippen molar-refractivity contribution in [2.75, 3.05) is 27.2 Å². The second kappa shape index (κ2) is 6.84. The van der Waals surface area contributed by atoms with E-state index in [1.807, 2.05) is 46.7 Å². The summed E-state index contributed by atoms with van der Waals surface area (Å²) in [5.74, 6) is 0.551. The molecule has 0 saturated carbocycles. The van der Waals surface area contributed by atoms with Crippen LogP contribution in [0.25, 0.3) is 0 Å². The van der Waals surface area contributed by atoms with Gasteiger partial charge in [0.05, 0.1) is 11.8 Å². The quantitative estimate of drug-likeness (QED) is 0.864. The maximum Gasteiger partial charge on any atom is 0.254 e. The summed E-state index contributed by atoms with van der Waals surface area (Å²) in [6.07, 6.45) is 6.38. The number of carbonyl (C=O) groups excluding carboxylic acids is 1. The van der Waals surface area contributed by atoms with Gasteiger partial charge in [-0.15, -0.1) is 0 Å². The van der Waals surface area contributed by atoms with Crippen LogP contribution in [0, 0.1) is 5.92 Å². The van der Waals surface area contributed by atoms with Crippen molar-refractivity contribution in [2.45, 2.75) is 18.9 Å². The van der Waals surface area contributed by atoms with Crippen molar-refractivity contribution in [3.63, 3.8) is 0 Å². The molecule has 2 aromatic heterocycles. The second-order valence-corrected chi connectivity index (χ2v) is 7.25. The summed E-state index contributed by atoms with van der Waals surface area (Å²) in [5.41, 5.74) is 2.04. The van der Waals surface area contributed by atoms with Crippen molar-refractivity contribution in [3.8, 4) is 0 Å². The monoisotopic (exact) mass is 332 g/mol. The van der Waals surface area contributed by atoms with Gasteiger partial charge in [-0.1, -0.05) is 0 Å². The van der Waals surface area contributed by atoms with E-state index in [1.165, 1.54) is 12.0 Å².